The zero-order chi connectivity index (χ0) is 29.6. The molecule has 4 heteroatoms. The highest BCUT2D eigenvalue weighted by Gasteiger charge is 2.25. The number of aryl methyl sites for hydroxylation is 1. The first-order chi connectivity index (χ1) is 21.8. The van der Waals surface area contributed by atoms with Gasteiger partial charge < -0.3 is 4.74 Å². The topological polar surface area (TPSA) is 30.9 Å². The quantitative estimate of drug-likeness (QED) is 0.147. The second-order valence-corrected chi connectivity index (χ2v) is 11.2. The average Bonchev–Trinajstić information content (AvgIpc) is 3.46. The lowest BCUT2D eigenvalue weighted by Gasteiger charge is -2.19. The monoisotopic (exact) mass is 570 g/mol. The van der Waals surface area contributed by atoms with E-state index in [1.807, 2.05) is 0 Å². The molecule has 0 aliphatic carbocycles. The molecule has 2 aromatic heterocycles. The minimum absolute atomic E-state index is 0.899. The van der Waals surface area contributed by atoms with Gasteiger partial charge in [0.1, 0.15) is 12.4 Å². The van der Waals surface area contributed by atoms with Gasteiger partial charge >= 0.3 is 0 Å². The Hall–Kier alpha value is -5.48. The molecule has 0 amide bonds. The Kier molecular flexibility index (Phi) is 6.34. The summed E-state index contributed by atoms with van der Waals surface area (Å²) in [7, 11) is 1.79. The second kappa shape index (κ2) is 10.7. The highest BCUT2D eigenvalue weighted by Crippen LogP contribution is 2.47. The molecular formula is C40H32N3O+. The molecule has 4 nitrogen and oxygen atoms in total. The molecular weight excluding hydrogens is 538 g/mol. The van der Waals surface area contributed by atoms with Gasteiger partial charge in [0.05, 0.1) is 23.5 Å². The van der Waals surface area contributed by atoms with Crippen LogP contribution in [0, 0.1) is 0 Å². The van der Waals surface area contributed by atoms with E-state index >= 15 is 0 Å². The fraction of sp³-hybridized carbons (Fsp3) is 0.100. The van der Waals surface area contributed by atoms with Crippen LogP contribution in [0.3, 0.4) is 0 Å². The summed E-state index contributed by atoms with van der Waals surface area (Å²) >= 11 is 0. The normalized spacial score (nSPS) is 11.6. The largest absolute Gasteiger partial charge is 0.490 e. The molecule has 0 saturated carbocycles. The molecule has 8 rings (SSSR count). The van der Waals surface area contributed by atoms with E-state index in [1.54, 1.807) is 7.11 Å². The van der Waals surface area contributed by atoms with Crippen LogP contribution < -0.4 is 9.30 Å². The Morgan fingerprint density at radius 1 is 0.659 bits per heavy atom. The van der Waals surface area contributed by atoms with E-state index < -0.39 is 0 Å². The van der Waals surface area contributed by atoms with E-state index in [9.17, 15) is 0 Å². The van der Waals surface area contributed by atoms with Gasteiger partial charge in [0.25, 0.3) is 5.52 Å². The molecule has 0 unspecified atom stereocenters. The molecule has 0 atom stereocenters. The minimum Gasteiger partial charge on any atom is -0.490 e. The fourth-order valence-corrected chi connectivity index (χ4v) is 6.86. The van der Waals surface area contributed by atoms with Crippen LogP contribution in [0.2, 0.25) is 0 Å². The second-order valence-electron chi connectivity index (χ2n) is 11.2. The number of hydrogen-bond donors (Lipinski definition) is 0. The molecule has 212 valence electrons. The maximum absolute atomic E-state index is 6.29. The van der Waals surface area contributed by atoms with Gasteiger partial charge in [0.15, 0.2) is 11.9 Å². The van der Waals surface area contributed by atoms with Crippen molar-refractivity contribution in [2.75, 3.05) is 7.11 Å². The van der Waals surface area contributed by atoms with Crippen LogP contribution in [0.1, 0.15) is 13.3 Å². The van der Waals surface area contributed by atoms with E-state index in [4.69, 9.17) is 9.72 Å². The number of ether oxygens (including phenoxy) is 1. The Labute approximate surface area is 256 Å². The number of methoxy groups -OCH3 is 1. The Bertz CT molecular complexity index is 2280. The molecule has 0 radical (unpaired) electrons. The molecule has 2 heterocycles. The SMILES string of the molecule is CCC[n+]1cccc2ccc(-c3c4ccccc4c(-c4nc5ccccc5n4-c4ccccc4)c4ccccc34)c(OC)c21. The number of benzene rings is 6. The lowest BCUT2D eigenvalue weighted by Crippen LogP contribution is -2.34. The molecule has 8 aromatic rings. The van der Waals surface area contributed by atoms with Gasteiger partial charge in [0.2, 0.25) is 0 Å². The molecule has 0 aliphatic heterocycles. The van der Waals surface area contributed by atoms with Crippen molar-refractivity contribution >= 4 is 43.5 Å². The van der Waals surface area contributed by atoms with Crippen molar-refractivity contribution in [1.82, 2.24) is 9.55 Å². The minimum atomic E-state index is 0.899. The first-order valence-corrected chi connectivity index (χ1v) is 15.2. The van der Waals surface area contributed by atoms with Gasteiger partial charge in [0, 0.05) is 34.9 Å². The average molecular weight is 571 g/mol. The number of aromatic nitrogens is 3. The van der Waals surface area contributed by atoms with Crippen LogP contribution >= 0.6 is 0 Å². The summed E-state index contributed by atoms with van der Waals surface area (Å²) in [6, 6.07) is 45.2. The summed E-state index contributed by atoms with van der Waals surface area (Å²) in [5.74, 6) is 1.83. The van der Waals surface area contributed by atoms with Crippen molar-refractivity contribution in [2.24, 2.45) is 0 Å². The van der Waals surface area contributed by atoms with Gasteiger partial charge in [-0.2, -0.15) is 4.57 Å². The number of pyridine rings is 1. The highest BCUT2D eigenvalue weighted by molar-refractivity contribution is 6.22. The molecule has 0 N–H and O–H groups in total. The summed E-state index contributed by atoms with van der Waals surface area (Å²) in [6.45, 7) is 3.14. The van der Waals surface area contributed by atoms with Gasteiger partial charge in [-0.25, -0.2) is 4.98 Å². The number of nitrogens with zero attached hydrogens (tertiary/aromatic N) is 3. The molecule has 0 saturated heterocycles. The molecule has 0 bridgehead atoms. The van der Waals surface area contributed by atoms with Crippen LogP contribution in [0.25, 0.3) is 71.7 Å². The van der Waals surface area contributed by atoms with Crippen molar-refractivity contribution in [1.29, 1.82) is 0 Å². The molecule has 0 spiro atoms. The summed E-state index contributed by atoms with van der Waals surface area (Å²) < 4.78 is 10.9. The molecule has 6 aromatic carbocycles. The molecule has 44 heavy (non-hydrogen) atoms. The summed E-state index contributed by atoms with van der Waals surface area (Å²) in [5.41, 5.74) is 7.66. The van der Waals surface area contributed by atoms with E-state index in [2.05, 4.69) is 150 Å². The van der Waals surface area contributed by atoms with Crippen LogP contribution in [-0.2, 0) is 6.54 Å². The number of para-hydroxylation sites is 3. The van der Waals surface area contributed by atoms with Crippen LogP contribution in [0.5, 0.6) is 5.75 Å². The first kappa shape index (κ1) is 26.2. The first-order valence-electron chi connectivity index (χ1n) is 15.2. The lowest BCUT2D eigenvalue weighted by molar-refractivity contribution is -0.671. The van der Waals surface area contributed by atoms with Gasteiger partial charge in [-0.3, -0.25) is 4.57 Å². The summed E-state index contributed by atoms with van der Waals surface area (Å²) in [5, 5.41) is 5.83. The van der Waals surface area contributed by atoms with E-state index in [1.165, 1.54) is 21.7 Å². The Balaban J connectivity index is 1.52. The van der Waals surface area contributed by atoms with Crippen LogP contribution in [0.15, 0.2) is 134 Å². The summed E-state index contributed by atoms with van der Waals surface area (Å²) in [4.78, 5) is 5.30. The number of hydrogen-bond acceptors (Lipinski definition) is 2. The Morgan fingerprint density at radius 3 is 1.98 bits per heavy atom. The van der Waals surface area contributed by atoms with E-state index in [-0.39, 0.29) is 0 Å². The van der Waals surface area contributed by atoms with Crippen molar-refractivity contribution in [3.05, 3.63) is 134 Å². The number of imidazole rings is 1. The summed E-state index contributed by atoms with van der Waals surface area (Å²) in [6.07, 6.45) is 3.20. The molecule has 0 aliphatic rings. The zero-order valence-corrected chi connectivity index (χ0v) is 24.9. The molecule has 0 fully saturated rings. The van der Waals surface area contributed by atoms with Crippen molar-refractivity contribution in [2.45, 2.75) is 19.9 Å². The third-order valence-electron chi connectivity index (χ3n) is 8.66. The standard InChI is InChI=1S/C40H32N3O/c1-3-25-42-26-13-14-27-23-24-33(39(44-2)38(27)42)36-29-17-7-9-19-31(29)37(32-20-10-8-18-30(32)36)40-41-34-21-11-12-22-35(34)43(40)28-15-5-4-6-16-28/h4-24,26H,3,25H2,1-2H3/q+1. The van der Waals surface area contributed by atoms with E-state index in [0.29, 0.717) is 0 Å². The van der Waals surface area contributed by atoms with Crippen molar-refractivity contribution in [3.63, 3.8) is 0 Å². The third-order valence-corrected chi connectivity index (χ3v) is 8.66. The maximum atomic E-state index is 6.29. The van der Waals surface area contributed by atoms with E-state index in [0.717, 1.165) is 68.7 Å². The van der Waals surface area contributed by atoms with Crippen LogP contribution in [0.4, 0.5) is 0 Å². The van der Waals surface area contributed by atoms with Gasteiger partial charge in [-0.1, -0.05) is 85.8 Å². The predicted molar refractivity (Wildman–Crippen MR) is 181 cm³/mol. The number of rotatable bonds is 6. The maximum Gasteiger partial charge on any atom is 0.255 e. The Morgan fingerprint density at radius 2 is 1.30 bits per heavy atom. The van der Waals surface area contributed by atoms with Crippen LogP contribution in [-0.4, -0.2) is 16.7 Å². The lowest BCUT2D eigenvalue weighted by atomic mass is 9.87. The smallest absolute Gasteiger partial charge is 0.255 e. The van der Waals surface area contributed by atoms with Gasteiger partial charge in [-0.15, -0.1) is 0 Å². The predicted octanol–water partition coefficient (Wildman–Crippen LogP) is 9.53. The highest BCUT2D eigenvalue weighted by atomic mass is 16.5. The zero-order valence-electron chi connectivity index (χ0n) is 24.9. The van der Waals surface area contributed by atoms with Crippen molar-refractivity contribution < 1.29 is 9.30 Å². The fourth-order valence-electron chi connectivity index (χ4n) is 6.86. The van der Waals surface area contributed by atoms with Crippen molar-refractivity contribution in [3.8, 4) is 34.0 Å². The van der Waals surface area contributed by atoms with Gasteiger partial charge in [-0.05, 0) is 64.0 Å². The third kappa shape index (κ3) is 3.99. The number of fused-ring (bicyclic) bond motifs is 4.